The number of sulfonamides is 1. The average molecular weight is 375 g/mol. The van der Waals surface area contributed by atoms with Crippen molar-refractivity contribution < 1.29 is 12.9 Å². The third-order valence-electron chi connectivity index (χ3n) is 4.37. The van der Waals surface area contributed by atoms with Crippen LogP contribution < -0.4 is 0 Å². The van der Waals surface area contributed by atoms with Crippen LogP contribution in [0.15, 0.2) is 57.3 Å². The monoisotopic (exact) mass is 375 g/mol. The zero-order chi connectivity index (χ0) is 17.3. The van der Waals surface area contributed by atoms with E-state index in [1.165, 1.54) is 4.31 Å². The zero-order valence-corrected chi connectivity index (χ0v) is 15.0. The summed E-state index contributed by atoms with van der Waals surface area (Å²) in [7, 11) is -3.43. The van der Waals surface area contributed by atoms with Crippen molar-refractivity contribution in [2.75, 3.05) is 13.1 Å². The van der Waals surface area contributed by atoms with Crippen molar-refractivity contribution in [3.8, 4) is 10.7 Å². The summed E-state index contributed by atoms with van der Waals surface area (Å²) in [6, 6.07) is 12.5. The lowest BCUT2D eigenvalue weighted by Gasteiger charge is -2.29. The first kappa shape index (κ1) is 16.4. The molecule has 1 saturated heterocycles. The molecule has 0 bridgehead atoms. The lowest BCUT2D eigenvalue weighted by Crippen LogP contribution is -2.37. The zero-order valence-electron chi connectivity index (χ0n) is 13.4. The molecule has 0 aliphatic carbocycles. The van der Waals surface area contributed by atoms with E-state index in [1.54, 1.807) is 35.6 Å². The van der Waals surface area contributed by atoms with Crippen molar-refractivity contribution in [2.45, 2.75) is 23.7 Å². The Morgan fingerprint density at radius 1 is 1.08 bits per heavy atom. The molecule has 0 radical (unpaired) electrons. The standard InChI is InChI=1S/C17H17N3O3S2/c21-25(22,14-5-2-1-3-6-14)20-10-8-13(9-11-20)17-18-16(19-23-17)15-7-4-12-24-15/h1-7,12-13H,8-11H2. The summed E-state index contributed by atoms with van der Waals surface area (Å²) in [5, 5.41) is 6.01. The molecule has 0 spiro atoms. The van der Waals surface area contributed by atoms with Gasteiger partial charge in [0.15, 0.2) is 0 Å². The van der Waals surface area contributed by atoms with Crippen molar-refractivity contribution in [3.63, 3.8) is 0 Å². The van der Waals surface area contributed by atoms with E-state index in [-0.39, 0.29) is 5.92 Å². The topological polar surface area (TPSA) is 76.3 Å². The van der Waals surface area contributed by atoms with E-state index in [1.807, 2.05) is 23.6 Å². The quantitative estimate of drug-likeness (QED) is 0.699. The highest BCUT2D eigenvalue weighted by atomic mass is 32.2. The molecule has 1 aliphatic rings. The second-order valence-electron chi connectivity index (χ2n) is 5.92. The molecule has 25 heavy (non-hydrogen) atoms. The molecule has 1 fully saturated rings. The van der Waals surface area contributed by atoms with E-state index in [0.29, 0.717) is 42.5 Å². The molecule has 0 saturated carbocycles. The average Bonchev–Trinajstić information content (AvgIpc) is 3.34. The van der Waals surface area contributed by atoms with E-state index in [4.69, 9.17) is 4.52 Å². The van der Waals surface area contributed by atoms with Crippen LogP contribution in [0.5, 0.6) is 0 Å². The number of benzene rings is 1. The van der Waals surface area contributed by atoms with Crippen LogP contribution in [0.4, 0.5) is 0 Å². The van der Waals surface area contributed by atoms with Crippen LogP contribution in [0, 0.1) is 0 Å². The summed E-state index contributed by atoms with van der Waals surface area (Å²) < 4.78 is 32.3. The van der Waals surface area contributed by atoms with E-state index < -0.39 is 10.0 Å². The number of hydrogen-bond donors (Lipinski definition) is 0. The smallest absolute Gasteiger partial charge is 0.243 e. The minimum Gasteiger partial charge on any atom is -0.339 e. The number of piperidine rings is 1. The number of nitrogens with zero attached hydrogens (tertiary/aromatic N) is 3. The Hall–Kier alpha value is -2.03. The Morgan fingerprint density at radius 2 is 1.84 bits per heavy atom. The lowest BCUT2D eigenvalue weighted by atomic mass is 9.98. The van der Waals surface area contributed by atoms with Gasteiger partial charge in [-0.25, -0.2) is 8.42 Å². The van der Waals surface area contributed by atoms with Gasteiger partial charge in [0.25, 0.3) is 0 Å². The van der Waals surface area contributed by atoms with Gasteiger partial charge in [-0.3, -0.25) is 0 Å². The van der Waals surface area contributed by atoms with Gasteiger partial charge >= 0.3 is 0 Å². The Morgan fingerprint density at radius 3 is 2.52 bits per heavy atom. The predicted molar refractivity (Wildman–Crippen MR) is 94.8 cm³/mol. The van der Waals surface area contributed by atoms with Gasteiger partial charge < -0.3 is 4.52 Å². The minimum absolute atomic E-state index is 0.100. The maximum atomic E-state index is 12.7. The molecule has 130 valence electrons. The number of hydrogen-bond acceptors (Lipinski definition) is 6. The normalized spacial score (nSPS) is 17.0. The number of rotatable bonds is 4. The summed E-state index contributed by atoms with van der Waals surface area (Å²) in [5.74, 6) is 1.30. The van der Waals surface area contributed by atoms with Gasteiger partial charge in [-0.2, -0.15) is 9.29 Å². The molecule has 1 aromatic carbocycles. The second kappa shape index (κ2) is 6.70. The van der Waals surface area contributed by atoms with E-state index in [2.05, 4.69) is 10.1 Å². The molecule has 0 N–H and O–H groups in total. The van der Waals surface area contributed by atoms with Crippen LogP contribution >= 0.6 is 11.3 Å². The molecule has 4 rings (SSSR count). The Balaban J connectivity index is 1.45. The van der Waals surface area contributed by atoms with Crippen LogP contribution in [0.25, 0.3) is 10.7 Å². The molecule has 2 aromatic heterocycles. The third kappa shape index (κ3) is 3.24. The van der Waals surface area contributed by atoms with Gasteiger partial charge in [-0.1, -0.05) is 29.4 Å². The van der Waals surface area contributed by atoms with Crippen molar-refractivity contribution in [1.82, 2.24) is 14.4 Å². The van der Waals surface area contributed by atoms with Gasteiger partial charge in [-0.15, -0.1) is 11.3 Å². The molecular formula is C17H17N3O3S2. The van der Waals surface area contributed by atoms with Gasteiger partial charge in [0.1, 0.15) is 0 Å². The summed E-state index contributed by atoms with van der Waals surface area (Å²) in [6.07, 6.45) is 1.36. The summed E-state index contributed by atoms with van der Waals surface area (Å²) in [6.45, 7) is 0.914. The molecule has 1 aliphatic heterocycles. The summed E-state index contributed by atoms with van der Waals surface area (Å²) in [5.41, 5.74) is 0. The Kier molecular flexibility index (Phi) is 4.41. The molecule has 3 aromatic rings. The Bertz CT molecular complexity index is 929. The first-order valence-electron chi connectivity index (χ1n) is 8.07. The third-order valence-corrected chi connectivity index (χ3v) is 7.15. The van der Waals surface area contributed by atoms with Crippen LogP contribution in [0.1, 0.15) is 24.7 Å². The molecule has 0 amide bonds. The van der Waals surface area contributed by atoms with E-state index >= 15 is 0 Å². The van der Waals surface area contributed by atoms with Gasteiger partial charge in [-0.05, 0) is 36.4 Å². The van der Waals surface area contributed by atoms with Crippen molar-refractivity contribution in [1.29, 1.82) is 0 Å². The van der Waals surface area contributed by atoms with Crippen LogP contribution in [0.3, 0.4) is 0 Å². The first-order valence-corrected chi connectivity index (χ1v) is 10.4. The molecule has 8 heteroatoms. The largest absolute Gasteiger partial charge is 0.339 e. The fourth-order valence-electron chi connectivity index (χ4n) is 2.99. The fourth-order valence-corrected chi connectivity index (χ4v) is 5.13. The SMILES string of the molecule is O=S(=O)(c1ccccc1)N1CCC(c2nc(-c3cccs3)no2)CC1. The lowest BCUT2D eigenvalue weighted by molar-refractivity contribution is 0.271. The summed E-state index contributed by atoms with van der Waals surface area (Å²) >= 11 is 1.56. The Labute approximate surface area is 150 Å². The predicted octanol–water partition coefficient (Wildman–Crippen LogP) is 3.37. The second-order valence-corrected chi connectivity index (χ2v) is 8.81. The molecule has 0 unspecified atom stereocenters. The molecular weight excluding hydrogens is 358 g/mol. The minimum atomic E-state index is -3.43. The van der Waals surface area contributed by atoms with Crippen molar-refractivity contribution >= 4 is 21.4 Å². The highest BCUT2D eigenvalue weighted by Crippen LogP contribution is 2.31. The maximum Gasteiger partial charge on any atom is 0.243 e. The number of thiophene rings is 1. The van der Waals surface area contributed by atoms with Gasteiger partial charge in [0, 0.05) is 19.0 Å². The molecule has 0 atom stereocenters. The molecule has 3 heterocycles. The van der Waals surface area contributed by atoms with Gasteiger partial charge in [0.05, 0.1) is 9.77 Å². The fraction of sp³-hybridized carbons (Fsp3) is 0.294. The first-order chi connectivity index (χ1) is 12.1. The number of aromatic nitrogens is 2. The van der Waals surface area contributed by atoms with Crippen LogP contribution in [0.2, 0.25) is 0 Å². The van der Waals surface area contributed by atoms with E-state index in [0.717, 1.165) is 4.88 Å². The van der Waals surface area contributed by atoms with E-state index in [9.17, 15) is 8.42 Å². The highest BCUT2D eigenvalue weighted by Gasteiger charge is 2.32. The van der Waals surface area contributed by atoms with Crippen LogP contribution in [-0.2, 0) is 10.0 Å². The van der Waals surface area contributed by atoms with Crippen LogP contribution in [-0.4, -0.2) is 36.0 Å². The van der Waals surface area contributed by atoms with Crippen molar-refractivity contribution in [2.24, 2.45) is 0 Å². The maximum absolute atomic E-state index is 12.7. The molecule has 6 nitrogen and oxygen atoms in total. The summed E-state index contributed by atoms with van der Waals surface area (Å²) in [4.78, 5) is 5.80. The highest BCUT2D eigenvalue weighted by molar-refractivity contribution is 7.89. The van der Waals surface area contributed by atoms with Crippen molar-refractivity contribution in [3.05, 3.63) is 53.7 Å². The van der Waals surface area contributed by atoms with Gasteiger partial charge in [0.2, 0.25) is 21.7 Å².